The molecule has 4 aromatic heterocycles. The lowest BCUT2D eigenvalue weighted by Gasteiger charge is -2.06. The number of nitrogens with two attached hydrogens (primary N) is 1. The Morgan fingerprint density at radius 1 is 0.667 bits per heavy atom. The maximum absolute atomic E-state index is 10.8. The highest BCUT2D eigenvalue weighted by Crippen LogP contribution is 2.32. The van der Waals surface area contributed by atoms with Crippen LogP contribution in [0.4, 0.5) is 0 Å². The Hall–Kier alpha value is -6.43. The van der Waals surface area contributed by atoms with Gasteiger partial charge in [0.25, 0.3) is 0 Å². The summed E-state index contributed by atoms with van der Waals surface area (Å²) in [7, 11) is 3.28. The van der Waals surface area contributed by atoms with Crippen LogP contribution >= 0.6 is 22.7 Å². The minimum absolute atomic E-state index is 0.0777. The van der Waals surface area contributed by atoms with Gasteiger partial charge in [0.05, 0.1) is 43.0 Å². The number of hydrogen-bond donors (Lipinski definition) is 2. The zero-order valence-corrected chi connectivity index (χ0v) is 32.9. The molecular weight excluding hydrogens is 769 g/mol. The number of nitrogens with zero attached hydrogens (tertiary/aromatic N) is 6. The molecule has 17 heteroatoms. The van der Waals surface area contributed by atoms with E-state index in [1.54, 1.807) is 36.9 Å². The van der Waals surface area contributed by atoms with Gasteiger partial charge in [-0.1, -0.05) is 12.1 Å². The van der Waals surface area contributed by atoms with E-state index in [1.807, 2.05) is 84.9 Å². The summed E-state index contributed by atoms with van der Waals surface area (Å²) in [5.41, 5.74) is 8.76. The fraction of sp³-hybridized carbons (Fsp3) is 0.225. The lowest BCUT2D eigenvalue weighted by Crippen LogP contribution is -2.25. The van der Waals surface area contributed by atoms with Crippen LogP contribution in [-0.4, -0.2) is 76.8 Å². The lowest BCUT2D eigenvalue weighted by molar-refractivity contribution is -0.119. The number of amides is 1. The van der Waals surface area contributed by atoms with Gasteiger partial charge >= 0.3 is 0 Å². The van der Waals surface area contributed by atoms with E-state index in [4.69, 9.17) is 33.5 Å². The molecule has 4 heterocycles. The molecule has 0 unspecified atom stereocenters. The van der Waals surface area contributed by atoms with E-state index in [2.05, 4.69) is 35.7 Å². The standard InChI is InChI=1S/C21H20N4O4S.C19H18N4O3S/c1-13(26)22-10-11-28-15-8-6-14(7-9-15)21-25-24-18(29-21)12-19-23-20-16(27-2)4-3-5-17(20)30-19;1-24-14-3-2-4-15-18(14)21-17(27-15)11-16-22-23-19(26-16)12-5-7-13(8-6-12)25-10-9-20/h3-9H,10-12H2,1-2H3,(H,22,26);2-8H,9-11,20H2,1H3. The van der Waals surface area contributed by atoms with Crippen molar-refractivity contribution in [3.05, 3.63) is 107 Å². The highest BCUT2D eigenvalue weighted by Gasteiger charge is 2.16. The van der Waals surface area contributed by atoms with Crippen LogP contribution in [-0.2, 0) is 17.6 Å². The van der Waals surface area contributed by atoms with Crippen molar-refractivity contribution in [2.75, 3.05) is 40.5 Å². The van der Waals surface area contributed by atoms with E-state index in [9.17, 15) is 4.79 Å². The molecule has 0 spiro atoms. The molecule has 1 amide bonds. The minimum Gasteiger partial charge on any atom is -0.494 e. The Morgan fingerprint density at radius 3 is 1.58 bits per heavy atom. The second kappa shape index (κ2) is 18.5. The van der Waals surface area contributed by atoms with Crippen LogP contribution in [0.25, 0.3) is 43.3 Å². The van der Waals surface area contributed by atoms with Gasteiger partial charge in [0.15, 0.2) is 0 Å². The van der Waals surface area contributed by atoms with Crippen molar-refractivity contribution >= 4 is 49.0 Å². The van der Waals surface area contributed by atoms with E-state index in [0.717, 1.165) is 58.8 Å². The van der Waals surface area contributed by atoms with Crippen LogP contribution < -0.4 is 30.0 Å². The number of hydrogen-bond acceptors (Lipinski definition) is 16. The first-order chi connectivity index (χ1) is 27.9. The van der Waals surface area contributed by atoms with Crippen molar-refractivity contribution in [1.29, 1.82) is 0 Å². The number of nitrogens with one attached hydrogen (secondary N) is 1. The molecule has 57 heavy (non-hydrogen) atoms. The van der Waals surface area contributed by atoms with E-state index in [1.165, 1.54) is 6.92 Å². The highest BCUT2D eigenvalue weighted by molar-refractivity contribution is 7.19. The molecule has 8 aromatic rings. The van der Waals surface area contributed by atoms with Crippen molar-refractivity contribution in [2.24, 2.45) is 5.73 Å². The molecule has 0 aliphatic heterocycles. The van der Waals surface area contributed by atoms with Crippen LogP contribution in [0.15, 0.2) is 93.8 Å². The maximum Gasteiger partial charge on any atom is 0.247 e. The average molecular weight is 807 g/mol. The van der Waals surface area contributed by atoms with E-state index in [-0.39, 0.29) is 5.91 Å². The molecule has 8 rings (SSSR count). The minimum atomic E-state index is -0.0777. The normalized spacial score (nSPS) is 10.9. The number of rotatable bonds is 15. The van der Waals surface area contributed by atoms with E-state index < -0.39 is 0 Å². The maximum atomic E-state index is 10.8. The lowest BCUT2D eigenvalue weighted by atomic mass is 10.2. The van der Waals surface area contributed by atoms with Gasteiger partial charge in [0.1, 0.15) is 57.3 Å². The van der Waals surface area contributed by atoms with Crippen molar-refractivity contribution in [2.45, 2.75) is 19.8 Å². The monoisotopic (exact) mass is 806 g/mol. The number of fused-ring (bicyclic) bond motifs is 2. The van der Waals surface area contributed by atoms with Crippen molar-refractivity contribution in [1.82, 2.24) is 35.7 Å². The molecule has 0 bridgehead atoms. The number of carbonyl (C=O) groups excluding carboxylic acids is 1. The Kier molecular flexibility index (Phi) is 12.6. The fourth-order valence-corrected chi connectivity index (χ4v) is 7.47. The predicted molar refractivity (Wildman–Crippen MR) is 216 cm³/mol. The molecule has 4 aromatic carbocycles. The Morgan fingerprint density at radius 2 is 1.14 bits per heavy atom. The first-order valence-electron chi connectivity index (χ1n) is 17.8. The topological polar surface area (TPSA) is 196 Å². The van der Waals surface area contributed by atoms with Crippen LogP contribution in [0.2, 0.25) is 0 Å². The van der Waals surface area contributed by atoms with Crippen molar-refractivity contribution in [3.8, 4) is 45.9 Å². The van der Waals surface area contributed by atoms with Gasteiger partial charge in [-0.2, -0.15) is 0 Å². The number of ether oxygens (including phenoxy) is 4. The molecule has 0 aliphatic rings. The van der Waals surface area contributed by atoms with Gasteiger partial charge in [-0.25, -0.2) is 9.97 Å². The molecule has 0 aliphatic carbocycles. The van der Waals surface area contributed by atoms with Gasteiger partial charge < -0.3 is 38.8 Å². The third-order valence-electron chi connectivity index (χ3n) is 8.16. The van der Waals surface area contributed by atoms with Crippen LogP contribution in [0.3, 0.4) is 0 Å². The molecular formula is C40H38N8O7S2. The smallest absolute Gasteiger partial charge is 0.247 e. The van der Waals surface area contributed by atoms with Gasteiger partial charge in [0.2, 0.25) is 29.5 Å². The van der Waals surface area contributed by atoms with E-state index in [0.29, 0.717) is 68.5 Å². The molecule has 292 valence electrons. The van der Waals surface area contributed by atoms with Gasteiger partial charge in [-0.3, -0.25) is 4.79 Å². The summed E-state index contributed by atoms with van der Waals surface area (Å²) in [6, 6.07) is 26.6. The fourth-order valence-electron chi connectivity index (χ4n) is 5.52. The van der Waals surface area contributed by atoms with Crippen LogP contribution in [0.5, 0.6) is 23.0 Å². The number of benzene rings is 4. The second-order valence-corrected chi connectivity index (χ2v) is 14.4. The Bertz CT molecular complexity index is 2550. The first-order valence-corrected chi connectivity index (χ1v) is 19.4. The summed E-state index contributed by atoms with van der Waals surface area (Å²) in [5, 5.41) is 21.0. The molecule has 0 saturated heterocycles. The highest BCUT2D eigenvalue weighted by atomic mass is 32.1. The molecule has 0 radical (unpaired) electrons. The molecule has 3 N–H and O–H groups in total. The predicted octanol–water partition coefficient (Wildman–Crippen LogP) is 6.74. The molecule has 0 fully saturated rings. The summed E-state index contributed by atoms with van der Waals surface area (Å²) >= 11 is 3.17. The SMILES string of the molecule is COc1cccc2sc(Cc3nnc(-c4ccc(OCCN)cc4)o3)nc12.COc1cccc2sc(Cc3nnc(-c4ccc(OCCNC(C)=O)cc4)o3)nc12. The number of carbonyl (C=O) groups is 1. The third kappa shape index (κ3) is 9.88. The number of aromatic nitrogens is 6. The van der Waals surface area contributed by atoms with E-state index >= 15 is 0 Å². The van der Waals surface area contributed by atoms with Crippen LogP contribution in [0, 0.1) is 0 Å². The quantitative estimate of drug-likeness (QED) is 0.103. The third-order valence-corrected chi connectivity index (χ3v) is 10.2. The Balaban J connectivity index is 0.000000175. The average Bonchev–Trinajstić information content (AvgIpc) is 4.06. The zero-order valence-electron chi connectivity index (χ0n) is 31.3. The summed E-state index contributed by atoms with van der Waals surface area (Å²) in [4.78, 5) is 20.1. The van der Waals surface area contributed by atoms with Gasteiger partial charge in [-0.05, 0) is 72.8 Å². The van der Waals surface area contributed by atoms with Gasteiger partial charge in [-0.15, -0.1) is 43.1 Å². The molecule has 0 saturated carbocycles. The summed E-state index contributed by atoms with van der Waals surface area (Å²) < 4.78 is 35.5. The van der Waals surface area contributed by atoms with Crippen molar-refractivity contribution in [3.63, 3.8) is 0 Å². The number of para-hydroxylation sites is 2. The largest absolute Gasteiger partial charge is 0.494 e. The second-order valence-electron chi connectivity index (χ2n) is 12.2. The Labute approximate surface area is 334 Å². The summed E-state index contributed by atoms with van der Waals surface area (Å²) in [5.74, 6) is 4.82. The van der Waals surface area contributed by atoms with Crippen LogP contribution in [0.1, 0.15) is 28.7 Å². The first kappa shape index (κ1) is 38.8. The molecule has 0 atom stereocenters. The zero-order chi connectivity index (χ0) is 39.6. The number of thiazole rings is 2. The van der Waals surface area contributed by atoms with Crippen molar-refractivity contribution < 1.29 is 32.6 Å². The van der Waals surface area contributed by atoms with Gasteiger partial charge in [0, 0.05) is 24.6 Å². The summed E-state index contributed by atoms with van der Waals surface area (Å²) in [6.45, 7) is 3.29. The molecule has 15 nitrogen and oxygen atoms in total. The summed E-state index contributed by atoms with van der Waals surface area (Å²) in [6.07, 6.45) is 0.938. The number of methoxy groups -OCH3 is 2.